The molecular weight excluding hydrogens is 286 g/mol. The minimum atomic E-state index is -3.59. The minimum Gasteiger partial charge on any atom is -0.337 e. The lowest BCUT2D eigenvalue weighted by Crippen LogP contribution is -2.42. The maximum atomic E-state index is 12.6. The van der Waals surface area contributed by atoms with Gasteiger partial charge in [-0.2, -0.15) is 0 Å². The Morgan fingerprint density at radius 2 is 1.67 bits per heavy atom. The molecule has 0 atom stereocenters. The van der Waals surface area contributed by atoms with Crippen LogP contribution in [0.25, 0.3) is 0 Å². The van der Waals surface area contributed by atoms with Crippen molar-refractivity contribution in [2.24, 2.45) is 0 Å². The molecule has 1 saturated heterocycles. The van der Waals surface area contributed by atoms with Gasteiger partial charge in [0.15, 0.2) is 0 Å². The third-order valence-corrected chi connectivity index (χ3v) is 6.20. The molecule has 0 unspecified atom stereocenters. The molecule has 0 spiro atoms. The highest BCUT2D eigenvalue weighted by Crippen LogP contribution is 2.27. The molecule has 1 heterocycles. The minimum absolute atomic E-state index is 0.144. The molecule has 21 heavy (non-hydrogen) atoms. The predicted octanol–water partition coefficient (Wildman–Crippen LogP) is 2.26. The fourth-order valence-electron chi connectivity index (χ4n) is 3.26. The lowest BCUT2D eigenvalue weighted by atomic mass is 9.94. The van der Waals surface area contributed by atoms with Crippen molar-refractivity contribution >= 4 is 16.0 Å². The van der Waals surface area contributed by atoms with Gasteiger partial charge >= 0.3 is 0 Å². The third-order valence-electron chi connectivity index (χ3n) is 4.40. The van der Waals surface area contributed by atoms with Crippen molar-refractivity contribution in [1.82, 2.24) is 9.21 Å². The summed E-state index contributed by atoms with van der Waals surface area (Å²) in [5.74, 6) is 0.144. The number of hydrogen-bond acceptors (Lipinski definition) is 3. The summed E-state index contributed by atoms with van der Waals surface area (Å²) in [6.07, 6.45) is 5.76. The van der Waals surface area contributed by atoms with Crippen molar-refractivity contribution in [2.45, 2.75) is 43.0 Å². The molecule has 0 radical (unpaired) electrons. The van der Waals surface area contributed by atoms with E-state index in [0.717, 1.165) is 12.8 Å². The zero-order valence-corrected chi connectivity index (χ0v) is 12.8. The van der Waals surface area contributed by atoms with E-state index in [4.69, 9.17) is 5.41 Å². The van der Waals surface area contributed by atoms with Crippen LogP contribution in [0.4, 0.5) is 0 Å². The van der Waals surface area contributed by atoms with Crippen molar-refractivity contribution in [3.63, 3.8) is 0 Å². The van der Waals surface area contributed by atoms with Crippen molar-refractivity contribution < 1.29 is 8.42 Å². The second kappa shape index (κ2) is 5.67. The lowest BCUT2D eigenvalue weighted by Gasteiger charge is -2.32. The number of sulfonamides is 1. The molecule has 1 N–H and O–H groups in total. The lowest BCUT2D eigenvalue weighted by molar-refractivity contribution is 0.260. The SMILES string of the molecule is N=C1N(C2CCCCC2)CCN1S(=O)(=O)c1ccccc1. The van der Waals surface area contributed by atoms with Gasteiger partial charge in [0.25, 0.3) is 10.0 Å². The van der Waals surface area contributed by atoms with Crippen LogP contribution in [0.2, 0.25) is 0 Å². The molecule has 0 amide bonds. The van der Waals surface area contributed by atoms with Gasteiger partial charge in [0.1, 0.15) is 0 Å². The second-order valence-corrected chi connectivity index (χ2v) is 7.56. The van der Waals surface area contributed by atoms with Gasteiger partial charge in [-0.05, 0) is 25.0 Å². The van der Waals surface area contributed by atoms with Crippen LogP contribution >= 0.6 is 0 Å². The molecule has 0 bridgehead atoms. The average molecular weight is 307 g/mol. The molecule has 1 aliphatic heterocycles. The van der Waals surface area contributed by atoms with E-state index in [1.807, 2.05) is 4.90 Å². The van der Waals surface area contributed by atoms with E-state index >= 15 is 0 Å². The number of nitrogens with zero attached hydrogens (tertiary/aromatic N) is 2. The molecule has 6 heteroatoms. The Morgan fingerprint density at radius 3 is 2.33 bits per heavy atom. The van der Waals surface area contributed by atoms with Gasteiger partial charge in [-0.1, -0.05) is 37.5 Å². The van der Waals surface area contributed by atoms with Gasteiger partial charge in [0.2, 0.25) is 5.96 Å². The van der Waals surface area contributed by atoms with Crippen molar-refractivity contribution in [3.05, 3.63) is 30.3 Å². The topological polar surface area (TPSA) is 64.5 Å². The first kappa shape index (κ1) is 14.4. The molecule has 1 aliphatic carbocycles. The molecule has 2 aliphatic rings. The predicted molar refractivity (Wildman–Crippen MR) is 81.6 cm³/mol. The van der Waals surface area contributed by atoms with Gasteiger partial charge < -0.3 is 4.90 Å². The fraction of sp³-hybridized carbons (Fsp3) is 0.533. The summed E-state index contributed by atoms with van der Waals surface area (Å²) in [6, 6.07) is 8.74. The molecule has 3 rings (SSSR count). The summed E-state index contributed by atoms with van der Waals surface area (Å²) in [6.45, 7) is 1.02. The Bertz CT molecular complexity index is 609. The Hall–Kier alpha value is -1.56. The summed E-state index contributed by atoms with van der Waals surface area (Å²) >= 11 is 0. The van der Waals surface area contributed by atoms with Gasteiger partial charge in [0, 0.05) is 12.6 Å². The van der Waals surface area contributed by atoms with E-state index < -0.39 is 10.0 Å². The Kier molecular flexibility index (Phi) is 3.89. The van der Waals surface area contributed by atoms with Crippen LogP contribution in [0.5, 0.6) is 0 Å². The van der Waals surface area contributed by atoms with E-state index in [2.05, 4.69) is 0 Å². The van der Waals surface area contributed by atoms with Crippen LogP contribution < -0.4 is 0 Å². The first-order valence-corrected chi connectivity index (χ1v) is 8.98. The Labute approximate surface area is 126 Å². The summed E-state index contributed by atoms with van der Waals surface area (Å²) < 4.78 is 26.5. The summed E-state index contributed by atoms with van der Waals surface area (Å²) in [7, 11) is -3.59. The highest BCUT2D eigenvalue weighted by Gasteiger charge is 2.38. The molecular formula is C15H21N3O2S. The van der Waals surface area contributed by atoms with Crippen LogP contribution in [-0.2, 0) is 10.0 Å². The Balaban J connectivity index is 1.80. The van der Waals surface area contributed by atoms with Crippen LogP contribution in [0.1, 0.15) is 32.1 Å². The quantitative estimate of drug-likeness (QED) is 0.931. The highest BCUT2D eigenvalue weighted by molar-refractivity contribution is 7.89. The second-order valence-electron chi connectivity index (χ2n) is 5.70. The zero-order chi connectivity index (χ0) is 14.9. The molecule has 2 fully saturated rings. The fourth-order valence-corrected chi connectivity index (χ4v) is 4.67. The molecule has 1 aromatic rings. The zero-order valence-electron chi connectivity index (χ0n) is 12.0. The van der Waals surface area contributed by atoms with E-state index in [0.29, 0.717) is 19.1 Å². The van der Waals surface area contributed by atoms with Gasteiger partial charge in [-0.15, -0.1) is 0 Å². The smallest absolute Gasteiger partial charge is 0.266 e. The van der Waals surface area contributed by atoms with Crippen molar-refractivity contribution in [1.29, 1.82) is 5.41 Å². The molecule has 1 saturated carbocycles. The highest BCUT2D eigenvalue weighted by atomic mass is 32.2. The average Bonchev–Trinajstić information content (AvgIpc) is 2.91. The van der Waals surface area contributed by atoms with Crippen LogP contribution in [-0.4, -0.2) is 42.7 Å². The standard InChI is InChI=1S/C15H21N3O2S/c16-15-17(13-7-3-1-4-8-13)11-12-18(15)21(19,20)14-9-5-2-6-10-14/h2,5-6,9-10,13,16H,1,3-4,7-8,11-12H2. The normalized spacial score (nSPS) is 21.0. The molecule has 114 valence electrons. The molecule has 5 nitrogen and oxygen atoms in total. The third kappa shape index (κ3) is 2.64. The van der Waals surface area contributed by atoms with Crippen molar-refractivity contribution in [2.75, 3.05) is 13.1 Å². The number of nitrogens with one attached hydrogen (secondary N) is 1. The summed E-state index contributed by atoms with van der Waals surface area (Å²) in [5.41, 5.74) is 0. The van der Waals surface area contributed by atoms with Crippen LogP contribution in [0.15, 0.2) is 35.2 Å². The van der Waals surface area contributed by atoms with Gasteiger partial charge in [0.05, 0.1) is 11.4 Å². The Morgan fingerprint density at radius 1 is 1.00 bits per heavy atom. The van der Waals surface area contributed by atoms with Crippen LogP contribution in [0, 0.1) is 5.41 Å². The van der Waals surface area contributed by atoms with Crippen LogP contribution in [0.3, 0.4) is 0 Å². The molecule has 1 aromatic carbocycles. The largest absolute Gasteiger partial charge is 0.337 e. The summed E-state index contributed by atoms with van der Waals surface area (Å²) in [4.78, 5) is 2.24. The molecule has 0 aromatic heterocycles. The van der Waals surface area contributed by atoms with Crippen molar-refractivity contribution in [3.8, 4) is 0 Å². The first-order chi connectivity index (χ1) is 10.1. The number of hydrogen-bond donors (Lipinski definition) is 1. The van der Waals surface area contributed by atoms with E-state index in [9.17, 15) is 8.42 Å². The van der Waals surface area contributed by atoms with E-state index in [1.165, 1.54) is 23.6 Å². The number of guanidine groups is 1. The maximum absolute atomic E-state index is 12.6. The number of rotatable bonds is 3. The van der Waals surface area contributed by atoms with E-state index in [-0.39, 0.29) is 10.9 Å². The first-order valence-electron chi connectivity index (χ1n) is 7.54. The van der Waals surface area contributed by atoms with Gasteiger partial charge in [-0.3, -0.25) is 5.41 Å². The van der Waals surface area contributed by atoms with E-state index in [1.54, 1.807) is 30.3 Å². The number of benzene rings is 1. The maximum Gasteiger partial charge on any atom is 0.266 e. The summed E-state index contributed by atoms with van der Waals surface area (Å²) in [5, 5.41) is 8.28. The van der Waals surface area contributed by atoms with Gasteiger partial charge in [-0.25, -0.2) is 12.7 Å². The monoisotopic (exact) mass is 307 g/mol.